The minimum absolute atomic E-state index is 0.266. The molecule has 0 spiro atoms. The highest BCUT2D eigenvalue weighted by Crippen LogP contribution is 2.30. The number of nitrogens with zero attached hydrogens (tertiary/aromatic N) is 1. The Morgan fingerprint density at radius 2 is 2.15 bits per heavy atom. The number of para-hydroxylation sites is 1. The van der Waals surface area contributed by atoms with Crippen LogP contribution in [0, 0.1) is 5.82 Å². The molecule has 20 heavy (non-hydrogen) atoms. The zero-order chi connectivity index (χ0) is 14.1. The summed E-state index contributed by atoms with van der Waals surface area (Å²) in [7, 11) is 1.46. The number of hydrogen-bond donors (Lipinski definition) is 2. The number of hydrogen-bond acceptors (Lipinski definition) is 5. The topological polar surface area (TPSA) is 73.3 Å². The maximum absolute atomic E-state index is 13.1. The fourth-order valence-electron chi connectivity index (χ4n) is 1.91. The van der Waals surface area contributed by atoms with Crippen LogP contribution in [0.25, 0.3) is 11.1 Å². The van der Waals surface area contributed by atoms with E-state index in [0.29, 0.717) is 28.2 Å². The van der Waals surface area contributed by atoms with Crippen molar-refractivity contribution in [3.05, 3.63) is 42.2 Å². The Kier molecular flexibility index (Phi) is 2.90. The molecule has 5 nitrogen and oxygen atoms in total. The number of fused-ring (bicyclic) bond motifs is 1. The number of nitrogens with one attached hydrogen (secondary N) is 1. The lowest BCUT2D eigenvalue weighted by Crippen LogP contribution is -1.95. The summed E-state index contributed by atoms with van der Waals surface area (Å²) in [4.78, 5) is 4.25. The molecule has 0 amide bonds. The number of ether oxygens (including phenoxy) is 1. The van der Waals surface area contributed by atoms with E-state index in [9.17, 15) is 4.39 Å². The minimum Gasteiger partial charge on any atom is -0.494 e. The molecule has 3 rings (SSSR count). The molecule has 0 radical (unpaired) electrons. The Hall–Kier alpha value is -2.76. The van der Waals surface area contributed by atoms with E-state index in [1.54, 1.807) is 24.3 Å². The first-order valence-corrected chi connectivity index (χ1v) is 5.93. The van der Waals surface area contributed by atoms with Crippen LogP contribution in [-0.4, -0.2) is 12.1 Å². The van der Waals surface area contributed by atoms with Gasteiger partial charge in [0.2, 0.25) is 0 Å². The van der Waals surface area contributed by atoms with Crippen LogP contribution >= 0.6 is 0 Å². The van der Waals surface area contributed by atoms with E-state index >= 15 is 0 Å². The standard InChI is InChI=1S/C14H12FN3O2/c1-19-12-7-8(15)5-6-10(12)17-14-18-13-9(16)3-2-4-11(13)20-14/h2-7H,16H2,1H3,(H,17,18). The molecule has 3 aromatic rings. The second-order valence-corrected chi connectivity index (χ2v) is 4.18. The number of oxazole rings is 1. The monoisotopic (exact) mass is 273 g/mol. The highest BCUT2D eigenvalue weighted by atomic mass is 19.1. The molecule has 0 fully saturated rings. The lowest BCUT2D eigenvalue weighted by Gasteiger charge is -2.07. The molecule has 102 valence electrons. The smallest absolute Gasteiger partial charge is 0.300 e. The number of rotatable bonds is 3. The summed E-state index contributed by atoms with van der Waals surface area (Å²) in [6.07, 6.45) is 0. The van der Waals surface area contributed by atoms with Gasteiger partial charge in [-0.2, -0.15) is 4.98 Å². The summed E-state index contributed by atoms with van der Waals surface area (Å²) >= 11 is 0. The summed E-state index contributed by atoms with van der Waals surface area (Å²) in [5.41, 5.74) is 8.06. The van der Waals surface area contributed by atoms with Gasteiger partial charge in [0.15, 0.2) is 5.58 Å². The molecular formula is C14H12FN3O2. The van der Waals surface area contributed by atoms with Crippen LogP contribution in [0.3, 0.4) is 0 Å². The largest absolute Gasteiger partial charge is 0.494 e. The molecule has 0 bridgehead atoms. The van der Waals surface area contributed by atoms with Crippen molar-refractivity contribution < 1.29 is 13.5 Å². The maximum Gasteiger partial charge on any atom is 0.300 e. The van der Waals surface area contributed by atoms with Gasteiger partial charge in [-0.1, -0.05) is 6.07 Å². The van der Waals surface area contributed by atoms with Crippen LogP contribution in [-0.2, 0) is 0 Å². The van der Waals surface area contributed by atoms with Gasteiger partial charge in [0.25, 0.3) is 6.01 Å². The molecule has 6 heteroatoms. The highest BCUT2D eigenvalue weighted by molar-refractivity contribution is 5.86. The first kappa shape index (κ1) is 12.3. The predicted octanol–water partition coefficient (Wildman–Crippen LogP) is 3.30. The fourth-order valence-corrected chi connectivity index (χ4v) is 1.91. The normalized spacial score (nSPS) is 10.7. The first-order chi connectivity index (χ1) is 9.67. The number of methoxy groups -OCH3 is 1. The average molecular weight is 273 g/mol. The van der Waals surface area contributed by atoms with E-state index in [-0.39, 0.29) is 11.8 Å². The molecule has 0 unspecified atom stereocenters. The van der Waals surface area contributed by atoms with Crippen LogP contribution in [0.1, 0.15) is 0 Å². The minimum atomic E-state index is -0.380. The number of halogens is 1. The third-order valence-corrected chi connectivity index (χ3v) is 2.86. The zero-order valence-corrected chi connectivity index (χ0v) is 10.7. The summed E-state index contributed by atoms with van der Waals surface area (Å²) in [6, 6.07) is 9.71. The number of benzene rings is 2. The summed E-state index contributed by atoms with van der Waals surface area (Å²) in [5.74, 6) is -0.0190. The molecule has 0 aliphatic rings. The Morgan fingerprint density at radius 3 is 2.90 bits per heavy atom. The number of anilines is 3. The first-order valence-electron chi connectivity index (χ1n) is 5.93. The molecule has 0 saturated heterocycles. The SMILES string of the molecule is COc1cc(F)ccc1Nc1nc2c(N)cccc2o1. The number of aromatic nitrogens is 1. The fraction of sp³-hybridized carbons (Fsp3) is 0.0714. The van der Waals surface area contributed by atoms with Gasteiger partial charge < -0.3 is 20.2 Å². The van der Waals surface area contributed by atoms with Gasteiger partial charge in [0.1, 0.15) is 17.1 Å². The highest BCUT2D eigenvalue weighted by Gasteiger charge is 2.11. The Bertz CT molecular complexity index is 770. The molecule has 0 saturated carbocycles. The van der Waals surface area contributed by atoms with Gasteiger partial charge in [-0.3, -0.25) is 0 Å². The Balaban J connectivity index is 1.99. The summed E-state index contributed by atoms with van der Waals surface area (Å²) < 4.78 is 23.8. The predicted molar refractivity (Wildman–Crippen MR) is 74.7 cm³/mol. The zero-order valence-electron chi connectivity index (χ0n) is 10.7. The van der Waals surface area contributed by atoms with Gasteiger partial charge in [0.05, 0.1) is 18.5 Å². The van der Waals surface area contributed by atoms with Gasteiger partial charge in [-0.05, 0) is 24.3 Å². The third kappa shape index (κ3) is 2.11. The summed E-state index contributed by atoms with van der Waals surface area (Å²) in [5, 5.41) is 2.94. The van der Waals surface area contributed by atoms with Crippen LogP contribution in [0.5, 0.6) is 5.75 Å². The van der Waals surface area contributed by atoms with Crippen LogP contribution in [0.15, 0.2) is 40.8 Å². The average Bonchev–Trinajstić information content (AvgIpc) is 2.85. The molecule has 1 aromatic heterocycles. The Labute approximate surface area is 114 Å². The van der Waals surface area contributed by atoms with E-state index in [2.05, 4.69) is 10.3 Å². The molecule has 1 heterocycles. The van der Waals surface area contributed by atoms with E-state index in [1.165, 1.54) is 19.2 Å². The lowest BCUT2D eigenvalue weighted by atomic mass is 10.3. The quantitative estimate of drug-likeness (QED) is 0.716. The molecular weight excluding hydrogens is 261 g/mol. The number of nitrogens with two attached hydrogens (primary N) is 1. The molecule has 0 aliphatic heterocycles. The van der Waals surface area contributed by atoms with Crippen molar-refractivity contribution in [1.29, 1.82) is 0 Å². The van der Waals surface area contributed by atoms with Crippen molar-refractivity contribution in [1.82, 2.24) is 4.98 Å². The number of nitrogen functional groups attached to an aromatic ring is 1. The maximum atomic E-state index is 13.1. The van der Waals surface area contributed by atoms with Gasteiger partial charge in [-0.25, -0.2) is 4.39 Å². The second kappa shape index (κ2) is 4.73. The molecule has 2 aromatic carbocycles. The van der Waals surface area contributed by atoms with Crippen molar-refractivity contribution in [3.8, 4) is 5.75 Å². The third-order valence-electron chi connectivity index (χ3n) is 2.86. The van der Waals surface area contributed by atoms with Crippen LogP contribution in [0.4, 0.5) is 21.8 Å². The molecule has 0 aliphatic carbocycles. The van der Waals surface area contributed by atoms with E-state index in [4.69, 9.17) is 14.9 Å². The van der Waals surface area contributed by atoms with Crippen molar-refractivity contribution >= 4 is 28.5 Å². The van der Waals surface area contributed by atoms with Crippen LogP contribution in [0.2, 0.25) is 0 Å². The summed E-state index contributed by atoms with van der Waals surface area (Å²) in [6.45, 7) is 0. The van der Waals surface area contributed by atoms with Gasteiger partial charge >= 0.3 is 0 Å². The second-order valence-electron chi connectivity index (χ2n) is 4.18. The van der Waals surface area contributed by atoms with Crippen LogP contribution < -0.4 is 15.8 Å². The Morgan fingerprint density at radius 1 is 1.30 bits per heavy atom. The van der Waals surface area contributed by atoms with Crippen molar-refractivity contribution in [3.63, 3.8) is 0 Å². The van der Waals surface area contributed by atoms with Crippen molar-refractivity contribution in [2.75, 3.05) is 18.2 Å². The van der Waals surface area contributed by atoms with E-state index in [1.807, 2.05) is 0 Å². The van der Waals surface area contributed by atoms with Gasteiger partial charge in [0, 0.05) is 6.07 Å². The van der Waals surface area contributed by atoms with E-state index < -0.39 is 0 Å². The van der Waals surface area contributed by atoms with Crippen molar-refractivity contribution in [2.45, 2.75) is 0 Å². The molecule has 0 atom stereocenters. The lowest BCUT2D eigenvalue weighted by molar-refractivity contribution is 0.413. The van der Waals surface area contributed by atoms with Crippen molar-refractivity contribution in [2.24, 2.45) is 0 Å². The molecule has 3 N–H and O–H groups in total. The van der Waals surface area contributed by atoms with E-state index in [0.717, 1.165) is 0 Å². The van der Waals surface area contributed by atoms with Gasteiger partial charge in [-0.15, -0.1) is 0 Å².